The van der Waals surface area contributed by atoms with Crippen LogP contribution in [0.5, 0.6) is 11.5 Å². The zero-order valence-electron chi connectivity index (χ0n) is 35.9. The normalized spacial score (nSPS) is 17.1. The Morgan fingerprint density at radius 1 is 0.812 bits per heavy atom. The lowest BCUT2D eigenvalue weighted by molar-refractivity contribution is -0.141. The Bertz CT molecular complexity index is 2400. The molecule has 18 heteroatoms. The third-order valence-corrected chi connectivity index (χ3v) is 11.1. The fourth-order valence-electron chi connectivity index (χ4n) is 7.35. The van der Waals surface area contributed by atoms with Gasteiger partial charge < -0.3 is 52.7 Å². The zero-order chi connectivity index (χ0) is 46.8. The average molecular weight is 897 g/mol. The number of hydrogen-bond donors (Lipinski definition) is 8. The number of halogens is 1. The van der Waals surface area contributed by atoms with E-state index in [1.54, 1.807) is 36.4 Å². The van der Waals surface area contributed by atoms with E-state index in [2.05, 4.69) is 21.3 Å². The highest BCUT2D eigenvalue weighted by molar-refractivity contribution is 6.30. The third-order valence-electron chi connectivity index (χ3n) is 10.9. The first kappa shape index (κ1) is 48.1. The first-order valence-corrected chi connectivity index (χ1v) is 21.0. The molecule has 1 heterocycles. The van der Waals surface area contributed by atoms with Gasteiger partial charge in [-0.15, -0.1) is 0 Å². The highest BCUT2D eigenvalue weighted by Gasteiger charge is 2.36. The summed E-state index contributed by atoms with van der Waals surface area (Å²) < 4.78 is 0. The number of amides is 7. The number of benzene rings is 4. The van der Waals surface area contributed by atoms with Crippen molar-refractivity contribution in [1.82, 2.24) is 31.1 Å². The Balaban J connectivity index is 1.48. The molecule has 0 radical (unpaired) electrons. The molecule has 1 aliphatic heterocycles. The number of carbonyl (C=O) groups is 7. The van der Waals surface area contributed by atoms with Crippen molar-refractivity contribution in [2.45, 2.75) is 69.7 Å². The van der Waals surface area contributed by atoms with Crippen LogP contribution in [0.25, 0.3) is 22.3 Å². The van der Waals surface area contributed by atoms with Crippen molar-refractivity contribution in [1.29, 1.82) is 0 Å². The number of primary amides is 1. The summed E-state index contributed by atoms with van der Waals surface area (Å²) in [4.78, 5) is 96.7. The summed E-state index contributed by atoms with van der Waals surface area (Å²) in [6.07, 6.45) is 1.00. The van der Waals surface area contributed by atoms with Crippen LogP contribution in [0.15, 0.2) is 84.9 Å². The van der Waals surface area contributed by atoms with E-state index in [0.717, 1.165) is 20.9 Å². The summed E-state index contributed by atoms with van der Waals surface area (Å²) in [5, 5.41) is 33.5. The first-order valence-electron chi connectivity index (χ1n) is 20.6. The van der Waals surface area contributed by atoms with Crippen LogP contribution in [0.1, 0.15) is 60.6 Å². The highest BCUT2D eigenvalue weighted by Crippen LogP contribution is 2.39. The maximum Gasteiger partial charge on any atom is 0.251 e. The number of rotatable bonds is 14. The van der Waals surface area contributed by atoms with Crippen LogP contribution in [-0.2, 0) is 35.2 Å². The molecule has 5 rings (SSSR count). The summed E-state index contributed by atoms with van der Waals surface area (Å²) >= 11 is 6.04. The maximum atomic E-state index is 14.6. The second-order valence-electron chi connectivity index (χ2n) is 15.8. The molecule has 1 aliphatic rings. The lowest BCUT2D eigenvalue weighted by atomic mass is 9.93. The monoisotopic (exact) mass is 896 g/mol. The van der Waals surface area contributed by atoms with E-state index in [4.69, 9.17) is 23.1 Å². The van der Waals surface area contributed by atoms with Gasteiger partial charge in [0, 0.05) is 42.2 Å². The number of nitrogens with two attached hydrogens (primary N) is 2. The predicted molar refractivity (Wildman–Crippen MR) is 239 cm³/mol. The van der Waals surface area contributed by atoms with Crippen molar-refractivity contribution in [3.05, 3.63) is 107 Å². The van der Waals surface area contributed by atoms with Gasteiger partial charge in [-0.05, 0) is 110 Å². The summed E-state index contributed by atoms with van der Waals surface area (Å²) in [5.74, 6) is -5.53. The van der Waals surface area contributed by atoms with Crippen molar-refractivity contribution >= 4 is 53.0 Å². The number of aromatic hydroxyl groups is 2. The number of unbranched alkanes of at least 4 members (excludes halogenated alkanes) is 1. The van der Waals surface area contributed by atoms with Crippen LogP contribution in [0.2, 0.25) is 5.02 Å². The quantitative estimate of drug-likeness (QED) is 0.0858. The minimum Gasteiger partial charge on any atom is -0.507 e. The van der Waals surface area contributed by atoms with Crippen LogP contribution in [0.3, 0.4) is 0 Å². The van der Waals surface area contributed by atoms with E-state index in [1.807, 2.05) is 12.1 Å². The second kappa shape index (κ2) is 21.4. The molecule has 10 N–H and O–H groups in total. The Labute approximate surface area is 375 Å². The van der Waals surface area contributed by atoms with E-state index < -0.39 is 78.1 Å². The average Bonchev–Trinajstić information content (AvgIpc) is 3.26. The van der Waals surface area contributed by atoms with E-state index >= 15 is 0 Å². The van der Waals surface area contributed by atoms with E-state index in [9.17, 15) is 43.8 Å². The number of phenolic OH excluding ortho intramolecular Hbond substituents is 2. The summed E-state index contributed by atoms with van der Waals surface area (Å²) in [6, 6.07) is 16.2. The van der Waals surface area contributed by atoms with Crippen molar-refractivity contribution in [3.63, 3.8) is 0 Å². The van der Waals surface area contributed by atoms with Crippen LogP contribution >= 0.6 is 11.6 Å². The van der Waals surface area contributed by atoms with Crippen molar-refractivity contribution in [2.75, 3.05) is 27.2 Å². The van der Waals surface area contributed by atoms with E-state index in [-0.39, 0.29) is 46.6 Å². The van der Waals surface area contributed by atoms with Gasteiger partial charge in [-0.1, -0.05) is 48.0 Å². The van der Waals surface area contributed by atoms with Crippen LogP contribution < -0.4 is 32.7 Å². The molecule has 4 bridgehead atoms. The SMILES string of the molecule is C[C@@H]1NC(=O)[C@@H](N(C)C(=O)[C@H](CCCCN)NC(=O)c2ccc(-c3ccc(Cl)cc3)cc2)c2ccc(O)c(c2)-c2cc(ccc2O)C[C@@H](C(=O)N[C@@H](C)C(=O)N(C)CC(N)=O)NC1=O. The minimum atomic E-state index is -1.47. The molecule has 17 nitrogen and oxygen atoms in total. The van der Waals surface area contributed by atoms with Gasteiger partial charge in [-0.3, -0.25) is 33.6 Å². The number of phenols is 2. The number of hydrogen-bond acceptors (Lipinski definition) is 10. The molecule has 0 saturated carbocycles. The Morgan fingerprint density at radius 3 is 2.05 bits per heavy atom. The molecule has 64 heavy (non-hydrogen) atoms. The van der Waals surface area contributed by atoms with Gasteiger partial charge in [0.2, 0.25) is 35.4 Å². The largest absolute Gasteiger partial charge is 0.507 e. The smallest absolute Gasteiger partial charge is 0.251 e. The van der Waals surface area contributed by atoms with Gasteiger partial charge in [0.05, 0.1) is 6.54 Å². The molecular weight excluding hydrogens is 844 g/mol. The molecule has 0 fully saturated rings. The molecule has 0 spiro atoms. The topological polar surface area (TPSA) is 267 Å². The highest BCUT2D eigenvalue weighted by atomic mass is 35.5. The number of fused-ring (bicyclic) bond motifs is 5. The molecule has 4 aromatic carbocycles. The summed E-state index contributed by atoms with van der Waals surface area (Å²) in [5.41, 5.74) is 13.8. The van der Waals surface area contributed by atoms with Gasteiger partial charge in [0.25, 0.3) is 5.91 Å². The summed E-state index contributed by atoms with van der Waals surface area (Å²) in [7, 11) is 2.71. The van der Waals surface area contributed by atoms with E-state index in [0.29, 0.717) is 30.0 Å². The van der Waals surface area contributed by atoms with Crippen LogP contribution in [0, 0.1) is 0 Å². The molecule has 0 aliphatic carbocycles. The standard InChI is InChI=1S/C46H53ClN8O9/c1-25-41(59)53-36(43(61)51-26(2)45(63)54(3)24-39(49)58)22-27-8-18-37(56)33(21-27)34-23-31(15-19-38(34)57)40(44(62)50-25)55(4)46(64)35(7-5-6-20-48)52-42(60)30-11-9-28(10-12-30)29-13-16-32(47)17-14-29/h8-19,21,23,25-26,35-36,40,56-57H,5-7,20,22,24,48H2,1-4H3,(H2,49,58)(H,50,62)(H,51,61)(H,52,60)(H,53,59)/t25-,26-,35-,36-,40-/m0/s1. The second-order valence-corrected chi connectivity index (χ2v) is 16.2. The van der Waals surface area contributed by atoms with Crippen LogP contribution in [0.4, 0.5) is 0 Å². The maximum absolute atomic E-state index is 14.6. The number of nitrogens with zero attached hydrogens (tertiary/aromatic N) is 2. The number of carbonyl (C=O) groups excluding carboxylic acids is 7. The van der Waals surface area contributed by atoms with Gasteiger partial charge >= 0.3 is 0 Å². The van der Waals surface area contributed by atoms with Gasteiger partial charge in [-0.25, -0.2) is 0 Å². The molecule has 4 aromatic rings. The van der Waals surface area contributed by atoms with Gasteiger partial charge in [0.1, 0.15) is 41.7 Å². The molecule has 0 saturated heterocycles. The molecule has 0 aromatic heterocycles. The zero-order valence-corrected chi connectivity index (χ0v) is 36.6. The lowest BCUT2D eigenvalue weighted by Crippen LogP contribution is -2.57. The number of likely N-dealkylation sites (N-methyl/N-ethyl adjacent to an activating group) is 2. The predicted octanol–water partition coefficient (Wildman–Crippen LogP) is 2.51. The molecule has 338 valence electrons. The van der Waals surface area contributed by atoms with Crippen LogP contribution in [-0.4, -0.2) is 113 Å². The fourth-order valence-corrected chi connectivity index (χ4v) is 7.48. The minimum absolute atomic E-state index is 0.0807. The van der Waals surface area contributed by atoms with E-state index in [1.165, 1.54) is 64.3 Å². The van der Waals surface area contributed by atoms with Crippen molar-refractivity contribution in [3.8, 4) is 33.8 Å². The van der Waals surface area contributed by atoms with Gasteiger partial charge in [0.15, 0.2) is 0 Å². The molecule has 5 atom stereocenters. The lowest BCUT2D eigenvalue weighted by Gasteiger charge is -2.32. The summed E-state index contributed by atoms with van der Waals surface area (Å²) in [6.45, 7) is 2.71. The molecular formula is C46H53ClN8O9. The fraction of sp³-hybridized carbons (Fsp3) is 0.326. The Hall–Kier alpha value is -6.98. The number of nitrogens with one attached hydrogen (secondary N) is 4. The first-order chi connectivity index (χ1) is 30.4. The van der Waals surface area contributed by atoms with Crippen molar-refractivity contribution in [2.24, 2.45) is 11.5 Å². The molecule has 0 unspecified atom stereocenters. The molecule has 7 amide bonds. The van der Waals surface area contributed by atoms with Gasteiger partial charge in [-0.2, -0.15) is 0 Å². The Morgan fingerprint density at radius 2 is 1.42 bits per heavy atom. The third kappa shape index (κ3) is 11.9. The Kier molecular flexibility index (Phi) is 16.1. The van der Waals surface area contributed by atoms with Crippen molar-refractivity contribution < 1.29 is 43.8 Å².